The average molecular weight is 382 g/mol. The number of carbonyl (C=O) groups is 1. The van der Waals surface area contributed by atoms with Crippen LogP contribution in [0, 0.1) is 20.8 Å². The minimum atomic E-state index is 0.118. The summed E-state index contributed by atoms with van der Waals surface area (Å²) in [4.78, 5) is 13.8. The Kier molecular flexibility index (Phi) is 5.80. The number of nitrogens with one attached hydrogen (secondary N) is 2. The third-order valence-electron chi connectivity index (χ3n) is 5.07. The predicted octanol–water partition coefficient (Wildman–Crippen LogP) is 4.79. The van der Waals surface area contributed by atoms with Crippen LogP contribution >= 0.6 is 12.2 Å². The zero-order valence-corrected chi connectivity index (χ0v) is 17.2. The Morgan fingerprint density at radius 2 is 1.89 bits per heavy atom. The van der Waals surface area contributed by atoms with Crippen LogP contribution in [-0.2, 0) is 4.79 Å². The van der Waals surface area contributed by atoms with E-state index in [1.54, 1.807) is 0 Å². The molecule has 5 heteroatoms. The van der Waals surface area contributed by atoms with Crippen molar-refractivity contribution in [3.05, 3.63) is 58.7 Å². The summed E-state index contributed by atoms with van der Waals surface area (Å²) in [7, 11) is 0. The molecule has 1 aliphatic rings. The first-order valence-corrected chi connectivity index (χ1v) is 9.81. The van der Waals surface area contributed by atoms with E-state index in [1.165, 1.54) is 16.7 Å². The number of carbonyl (C=O) groups excluding carboxylic acids is 1. The second-order valence-electron chi connectivity index (χ2n) is 7.33. The third kappa shape index (κ3) is 4.48. The van der Waals surface area contributed by atoms with E-state index in [0.717, 1.165) is 29.9 Å². The van der Waals surface area contributed by atoms with Crippen molar-refractivity contribution in [3.63, 3.8) is 0 Å². The van der Waals surface area contributed by atoms with Crippen LogP contribution in [-0.4, -0.2) is 17.6 Å². The van der Waals surface area contributed by atoms with E-state index in [2.05, 4.69) is 49.6 Å². The maximum atomic E-state index is 12.0. The third-order valence-corrected chi connectivity index (χ3v) is 5.29. The van der Waals surface area contributed by atoms with Gasteiger partial charge in [-0.1, -0.05) is 23.8 Å². The van der Waals surface area contributed by atoms with E-state index in [9.17, 15) is 4.79 Å². The highest BCUT2D eigenvalue weighted by atomic mass is 32.1. The molecule has 2 N–H and O–H groups in total. The van der Waals surface area contributed by atoms with Gasteiger partial charge in [-0.3, -0.25) is 4.79 Å². The van der Waals surface area contributed by atoms with E-state index in [4.69, 9.17) is 12.2 Å². The summed E-state index contributed by atoms with van der Waals surface area (Å²) >= 11 is 5.50. The Hall–Kier alpha value is -2.40. The summed E-state index contributed by atoms with van der Waals surface area (Å²) in [5.41, 5.74) is 6.72. The zero-order chi connectivity index (χ0) is 19.6. The van der Waals surface area contributed by atoms with Crippen LogP contribution in [0.1, 0.15) is 48.1 Å². The predicted molar refractivity (Wildman–Crippen MR) is 116 cm³/mol. The minimum absolute atomic E-state index is 0.118. The van der Waals surface area contributed by atoms with Crippen molar-refractivity contribution in [1.82, 2.24) is 5.32 Å². The van der Waals surface area contributed by atoms with Crippen molar-refractivity contribution in [3.8, 4) is 0 Å². The maximum absolute atomic E-state index is 12.0. The summed E-state index contributed by atoms with van der Waals surface area (Å²) in [6.45, 7) is 9.16. The fraction of sp³-hybridized carbons (Fsp3) is 0.364. The van der Waals surface area contributed by atoms with Gasteiger partial charge < -0.3 is 15.5 Å². The Morgan fingerprint density at radius 3 is 2.56 bits per heavy atom. The smallest absolute Gasteiger partial charge is 0.227 e. The summed E-state index contributed by atoms with van der Waals surface area (Å²) < 4.78 is 0. The molecule has 2 aromatic rings. The molecule has 1 amide bonds. The molecule has 0 radical (unpaired) electrons. The van der Waals surface area contributed by atoms with Gasteiger partial charge in [-0.05, 0) is 81.2 Å². The molecule has 1 atom stereocenters. The minimum Gasteiger partial charge on any atom is -0.356 e. The first-order chi connectivity index (χ1) is 12.8. The summed E-state index contributed by atoms with van der Waals surface area (Å²) in [6, 6.07) is 12.6. The van der Waals surface area contributed by atoms with Crippen molar-refractivity contribution in [2.75, 3.05) is 16.8 Å². The van der Waals surface area contributed by atoms with Gasteiger partial charge in [-0.15, -0.1) is 0 Å². The number of hydrogen-bond donors (Lipinski definition) is 2. The number of rotatable bonds is 4. The molecule has 1 unspecified atom stereocenters. The number of amides is 1. The second-order valence-corrected chi connectivity index (χ2v) is 7.74. The van der Waals surface area contributed by atoms with E-state index in [-0.39, 0.29) is 11.9 Å². The first kappa shape index (κ1) is 19.4. The SMILES string of the molecule is Cc1ccc(C)c(C(C)NC(=S)Nc2ccc(N3CCCC3=O)c(C)c2)c1. The van der Waals surface area contributed by atoms with Gasteiger partial charge in [0.05, 0.1) is 6.04 Å². The molecule has 0 aromatic heterocycles. The van der Waals surface area contributed by atoms with Crippen LogP contribution in [0.2, 0.25) is 0 Å². The zero-order valence-electron chi connectivity index (χ0n) is 16.4. The molecule has 1 heterocycles. The van der Waals surface area contributed by atoms with Crippen molar-refractivity contribution in [1.29, 1.82) is 0 Å². The van der Waals surface area contributed by atoms with Crippen molar-refractivity contribution in [2.24, 2.45) is 0 Å². The Bertz CT molecular complexity index is 878. The lowest BCUT2D eigenvalue weighted by molar-refractivity contribution is -0.117. The highest BCUT2D eigenvalue weighted by Gasteiger charge is 2.23. The molecule has 0 bridgehead atoms. The van der Waals surface area contributed by atoms with Gasteiger partial charge in [0.15, 0.2) is 5.11 Å². The van der Waals surface area contributed by atoms with Crippen LogP contribution in [0.15, 0.2) is 36.4 Å². The Morgan fingerprint density at radius 1 is 1.11 bits per heavy atom. The summed E-state index contributed by atoms with van der Waals surface area (Å²) in [5.74, 6) is 0.207. The van der Waals surface area contributed by atoms with Gasteiger partial charge in [0.2, 0.25) is 5.91 Å². The fourth-order valence-corrected chi connectivity index (χ4v) is 3.90. The van der Waals surface area contributed by atoms with Crippen molar-refractivity contribution < 1.29 is 4.79 Å². The largest absolute Gasteiger partial charge is 0.356 e. The Labute approximate surface area is 167 Å². The van der Waals surface area contributed by atoms with Gasteiger partial charge in [0.1, 0.15) is 0 Å². The van der Waals surface area contributed by atoms with Crippen LogP contribution in [0.5, 0.6) is 0 Å². The number of benzene rings is 2. The molecule has 0 aliphatic carbocycles. The number of thiocarbonyl (C=S) groups is 1. The normalized spacial score (nSPS) is 15.0. The quantitative estimate of drug-likeness (QED) is 0.748. The molecule has 1 aliphatic heterocycles. The molecule has 2 aromatic carbocycles. The molecule has 0 spiro atoms. The number of hydrogen-bond acceptors (Lipinski definition) is 2. The van der Waals surface area contributed by atoms with Crippen LogP contribution in [0.25, 0.3) is 0 Å². The lowest BCUT2D eigenvalue weighted by atomic mass is 10.0. The molecule has 27 heavy (non-hydrogen) atoms. The highest BCUT2D eigenvalue weighted by molar-refractivity contribution is 7.80. The highest BCUT2D eigenvalue weighted by Crippen LogP contribution is 2.27. The van der Waals surface area contributed by atoms with E-state index >= 15 is 0 Å². The number of anilines is 2. The fourth-order valence-electron chi connectivity index (χ4n) is 3.61. The van der Waals surface area contributed by atoms with Crippen LogP contribution < -0.4 is 15.5 Å². The molecule has 0 saturated carbocycles. The topological polar surface area (TPSA) is 44.4 Å². The molecule has 3 rings (SSSR count). The van der Waals surface area contributed by atoms with E-state index in [1.807, 2.05) is 30.0 Å². The van der Waals surface area contributed by atoms with Crippen LogP contribution in [0.3, 0.4) is 0 Å². The van der Waals surface area contributed by atoms with E-state index in [0.29, 0.717) is 11.5 Å². The molecule has 1 fully saturated rings. The number of nitrogens with zero attached hydrogens (tertiary/aromatic N) is 1. The molecule has 4 nitrogen and oxygen atoms in total. The summed E-state index contributed by atoms with van der Waals surface area (Å²) in [6.07, 6.45) is 1.58. The summed E-state index contributed by atoms with van der Waals surface area (Å²) in [5, 5.41) is 7.22. The van der Waals surface area contributed by atoms with Crippen LogP contribution in [0.4, 0.5) is 11.4 Å². The first-order valence-electron chi connectivity index (χ1n) is 9.41. The van der Waals surface area contributed by atoms with Gasteiger partial charge in [0.25, 0.3) is 0 Å². The molecule has 1 saturated heterocycles. The van der Waals surface area contributed by atoms with E-state index < -0.39 is 0 Å². The number of aryl methyl sites for hydroxylation is 3. The lowest BCUT2D eigenvalue weighted by Crippen LogP contribution is -2.31. The molecular formula is C22H27N3OS. The standard InChI is InChI=1S/C22H27N3OS/c1-14-7-8-15(2)19(12-14)17(4)23-22(27)24-18-9-10-20(16(3)13-18)25-11-5-6-21(25)26/h7-10,12-13,17H,5-6,11H2,1-4H3,(H2,23,24,27). The second kappa shape index (κ2) is 8.09. The monoisotopic (exact) mass is 381 g/mol. The molecule has 142 valence electrons. The van der Waals surface area contributed by atoms with Gasteiger partial charge in [-0.2, -0.15) is 0 Å². The van der Waals surface area contributed by atoms with Crippen molar-refractivity contribution >= 4 is 34.6 Å². The molecular weight excluding hydrogens is 354 g/mol. The lowest BCUT2D eigenvalue weighted by Gasteiger charge is -2.21. The van der Waals surface area contributed by atoms with Gasteiger partial charge in [0, 0.05) is 24.3 Å². The van der Waals surface area contributed by atoms with Gasteiger partial charge >= 0.3 is 0 Å². The average Bonchev–Trinajstić information content (AvgIpc) is 3.02. The van der Waals surface area contributed by atoms with Crippen molar-refractivity contribution in [2.45, 2.75) is 46.6 Å². The Balaban J connectivity index is 1.66. The maximum Gasteiger partial charge on any atom is 0.227 e. The van der Waals surface area contributed by atoms with Gasteiger partial charge in [-0.25, -0.2) is 0 Å².